The van der Waals surface area contributed by atoms with Gasteiger partial charge in [-0.25, -0.2) is 9.78 Å². The lowest BCUT2D eigenvalue weighted by atomic mass is 9.87. The van der Waals surface area contributed by atoms with Gasteiger partial charge in [-0.15, -0.1) is 0 Å². The maximum absolute atomic E-state index is 12.8. The maximum Gasteiger partial charge on any atom is 0.420 e. The number of fused-ring (bicyclic) bond motifs is 1. The van der Waals surface area contributed by atoms with Gasteiger partial charge in [0.05, 0.1) is 11.1 Å². The molecule has 3 aromatic rings. The van der Waals surface area contributed by atoms with Gasteiger partial charge < -0.3 is 9.32 Å². The van der Waals surface area contributed by atoms with Gasteiger partial charge in [-0.2, -0.15) is 0 Å². The van der Waals surface area contributed by atoms with Crippen LogP contribution in [0.1, 0.15) is 55.6 Å². The van der Waals surface area contributed by atoms with Crippen molar-refractivity contribution >= 4 is 28.6 Å². The largest absolute Gasteiger partial charge is 0.420 e. The van der Waals surface area contributed by atoms with Crippen LogP contribution in [0.15, 0.2) is 45.7 Å². The van der Waals surface area contributed by atoms with E-state index < -0.39 is 0 Å². The van der Waals surface area contributed by atoms with Crippen LogP contribution in [0.4, 0.5) is 0 Å². The van der Waals surface area contributed by atoms with Crippen LogP contribution >= 0.6 is 11.6 Å². The van der Waals surface area contributed by atoms with Crippen LogP contribution in [-0.4, -0.2) is 33.4 Å². The Labute approximate surface area is 174 Å². The fourth-order valence-corrected chi connectivity index (χ4v) is 4.09. The summed E-state index contributed by atoms with van der Waals surface area (Å²) in [5.41, 5.74) is 2.96. The van der Waals surface area contributed by atoms with Crippen molar-refractivity contribution in [2.75, 3.05) is 13.1 Å². The first-order valence-electron chi connectivity index (χ1n) is 9.81. The van der Waals surface area contributed by atoms with E-state index in [1.165, 1.54) is 0 Å². The minimum atomic E-state index is -0.342. The first kappa shape index (κ1) is 19.7. The SMILES string of the molecule is CC(C)(C)c1ccc2oc(=O)n(C3CCN(C(=O)c4cccnc4Cl)CC3)c2c1. The fraction of sp³-hybridized carbons (Fsp3) is 0.409. The number of benzene rings is 1. The molecule has 3 heterocycles. The van der Waals surface area contributed by atoms with Crippen LogP contribution in [0.25, 0.3) is 11.1 Å². The Balaban J connectivity index is 1.58. The number of hydrogen-bond acceptors (Lipinski definition) is 4. The highest BCUT2D eigenvalue weighted by atomic mass is 35.5. The molecule has 1 amide bonds. The summed E-state index contributed by atoms with van der Waals surface area (Å²) < 4.78 is 7.23. The quantitative estimate of drug-likeness (QED) is 0.583. The molecule has 4 rings (SSSR count). The summed E-state index contributed by atoms with van der Waals surface area (Å²) in [5, 5.41) is 0.214. The van der Waals surface area contributed by atoms with Crippen molar-refractivity contribution in [3.63, 3.8) is 0 Å². The molecule has 1 aliphatic heterocycles. The third kappa shape index (κ3) is 3.69. The first-order chi connectivity index (χ1) is 13.8. The summed E-state index contributed by atoms with van der Waals surface area (Å²) >= 11 is 6.07. The molecule has 1 aromatic carbocycles. The molecule has 0 atom stereocenters. The van der Waals surface area contributed by atoms with Crippen LogP contribution in [0.5, 0.6) is 0 Å². The highest BCUT2D eigenvalue weighted by Gasteiger charge is 2.28. The van der Waals surface area contributed by atoms with Crippen LogP contribution in [0.3, 0.4) is 0 Å². The van der Waals surface area contributed by atoms with Crippen molar-refractivity contribution in [1.82, 2.24) is 14.5 Å². The molecule has 7 heteroatoms. The fourth-order valence-electron chi connectivity index (χ4n) is 3.89. The Morgan fingerprint density at radius 2 is 1.93 bits per heavy atom. The second kappa shape index (κ2) is 7.34. The van der Waals surface area contributed by atoms with Gasteiger partial charge in [0.1, 0.15) is 5.15 Å². The molecule has 0 unspecified atom stereocenters. The standard InChI is InChI=1S/C22H24ClN3O3/c1-22(2,3)14-6-7-18-17(13-14)26(21(28)29-18)15-8-11-25(12-9-15)20(27)16-5-4-10-24-19(16)23/h4-7,10,13,15H,8-9,11-12H2,1-3H3. The van der Waals surface area contributed by atoms with Crippen LogP contribution < -0.4 is 5.76 Å². The molecule has 1 aliphatic rings. The van der Waals surface area contributed by atoms with E-state index in [-0.39, 0.29) is 28.3 Å². The van der Waals surface area contributed by atoms with E-state index >= 15 is 0 Å². The lowest BCUT2D eigenvalue weighted by Crippen LogP contribution is -2.40. The monoisotopic (exact) mass is 413 g/mol. The van der Waals surface area contributed by atoms with E-state index in [0.717, 1.165) is 11.1 Å². The van der Waals surface area contributed by atoms with Crippen molar-refractivity contribution in [2.24, 2.45) is 0 Å². The highest BCUT2D eigenvalue weighted by molar-refractivity contribution is 6.32. The summed E-state index contributed by atoms with van der Waals surface area (Å²) in [7, 11) is 0. The molecule has 0 bridgehead atoms. The van der Waals surface area contributed by atoms with Gasteiger partial charge in [-0.05, 0) is 48.1 Å². The number of halogens is 1. The van der Waals surface area contributed by atoms with E-state index in [9.17, 15) is 9.59 Å². The van der Waals surface area contributed by atoms with Crippen LogP contribution in [-0.2, 0) is 5.41 Å². The zero-order valence-corrected chi connectivity index (χ0v) is 17.6. The number of piperidine rings is 1. The van der Waals surface area contributed by atoms with Crippen LogP contribution in [0.2, 0.25) is 5.15 Å². The number of carbonyl (C=O) groups is 1. The molecular weight excluding hydrogens is 390 g/mol. The van der Waals surface area contributed by atoms with E-state index in [0.29, 0.717) is 37.1 Å². The van der Waals surface area contributed by atoms with E-state index in [4.69, 9.17) is 16.0 Å². The predicted octanol–water partition coefficient (Wildman–Crippen LogP) is 4.42. The summed E-state index contributed by atoms with van der Waals surface area (Å²) in [6, 6.07) is 9.31. The summed E-state index contributed by atoms with van der Waals surface area (Å²) in [6.07, 6.45) is 2.92. The molecule has 0 spiro atoms. The molecule has 1 saturated heterocycles. The third-order valence-electron chi connectivity index (χ3n) is 5.58. The molecule has 1 fully saturated rings. The first-order valence-corrected chi connectivity index (χ1v) is 10.2. The Kier molecular flexibility index (Phi) is 4.99. The van der Waals surface area contributed by atoms with Crippen molar-refractivity contribution in [3.05, 3.63) is 63.4 Å². The topological polar surface area (TPSA) is 68.3 Å². The van der Waals surface area contributed by atoms with E-state index in [1.54, 1.807) is 27.8 Å². The molecule has 2 aromatic heterocycles. The predicted molar refractivity (Wildman–Crippen MR) is 113 cm³/mol. The Morgan fingerprint density at radius 3 is 2.59 bits per heavy atom. The summed E-state index contributed by atoms with van der Waals surface area (Å²) in [4.78, 5) is 31.1. The number of aromatic nitrogens is 2. The normalized spacial score (nSPS) is 15.8. The number of oxazole rings is 1. The van der Waals surface area contributed by atoms with Crippen molar-refractivity contribution in [3.8, 4) is 0 Å². The van der Waals surface area contributed by atoms with Crippen molar-refractivity contribution in [2.45, 2.75) is 45.1 Å². The molecule has 0 aliphatic carbocycles. The van der Waals surface area contributed by atoms with Gasteiger partial charge in [0.15, 0.2) is 5.58 Å². The average Bonchev–Trinajstić information content (AvgIpc) is 3.02. The molecule has 6 nitrogen and oxygen atoms in total. The number of rotatable bonds is 2. The van der Waals surface area contributed by atoms with E-state index in [2.05, 4.69) is 25.8 Å². The van der Waals surface area contributed by atoms with Gasteiger partial charge in [0.2, 0.25) is 0 Å². The second-order valence-corrected chi connectivity index (χ2v) is 8.89. The van der Waals surface area contributed by atoms with Gasteiger partial charge in [0, 0.05) is 25.3 Å². The Morgan fingerprint density at radius 1 is 1.21 bits per heavy atom. The number of nitrogens with zero attached hydrogens (tertiary/aromatic N) is 3. The summed E-state index contributed by atoms with van der Waals surface area (Å²) in [5.74, 6) is -0.466. The summed E-state index contributed by atoms with van der Waals surface area (Å²) in [6.45, 7) is 7.53. The molecule has 0 N–H and O–H groups in total. The maximum atomic E-state index is 12.8. The number of carbonyl (C=O) groups excluding carboxylic acids is 1. The average molecular weight is 414 g/mol. The molecule has 0 saturated carbocycles. The van der Waals surface area contributed by atoms with Gasteiger partial charge in [-0.3, -0.25) is 9.36 Å². The van der Waals surface area contributed by atoms with Crippen LogP contribution in [0, 0.1) is 0 Å². The molecule has 0 radical (unpaired) electrons. The number of likely N-dealkylation sites (tertiary alicyclic amines) is 1. The molecular formula is C22H24ClN3O3. The van der Waals surface area contributed by atoms with Gasteiger partial charge in [0.25, 0.3) is 5.91 Å². The third-order valence-corrected chi connectivity index (χ3v) is 5.89. The second-order valence-electron chi connectivity index (χ2n) is 8.54. The Bertz CT molecular complexity index is 1120. The molecule has 152 valence electrons. The smallest absolute Gasteiger partial charge is 0.408 e. The zero-order valence-electron chi connectivity index (χ0n) is 16.8. The number of hydrogen-bond donors (Lipinski definition) is 0. The van der Waals surface area contributed by atoms with E-state index in [1.807, 2.05) is 18.2 Å². The van der Waals surface area contributed by atoms with Crippen molar-refractivity contribution < 1.29 is 9.21 Å². The zero-order chi connectivity index (χ0) is 20.8. The van der Waals surface area contributed by atoms with Crippen molar-refractivity contribution in [1.29, 1.82) is 0 Å². The highest BCUT2D eigenvalue weighted by Crippen LogP contribution is 2.30. The minimum Gasteiger partial charge on any atom is -0.408 e. The lowest BCUT2D eigenvalue weighted by Gasteiger charge is -2.32. The number of pyridine rings is 1. The Hall–Kier alpha value is -2.60. The minimum absolute atomic E-state index is 0.00705. The van der Waals surface area contributed by atoms with Gasteiger partial charge >= 0.3 is 5.76 Å². The lowest BCUT2D eigenvalue weighted by molar-refractivity contribution is 0.0693. The molecule has 29 heavy (non-hydrogen) atoms. The number of amides is 1. The van der Waals surface area contributed by atoms with Gasteiger partial charge in [-0.1, -0.05) is 38.4 Å².